The number of nitrogens with zero attached hydrogens (tertiary/aromatic N) is 1. The van der Waals surface area contributed by atoms with Crippen LogP contribution in [0, 0.1) is 5.41 Å². The maximum Gasteiger partial charge on any atom is 0.410 e. The fourth-order valence-corrected chi connectivity index (χ4v) is 3.83. The van der Waals surface area contributed by atoms with Gasteiger partial charge in [0.1, 0.15) is 23.0 Å². The molecule has 1 aliphatic heterocycles. The molecule has 138 valence electrons. The maximum atomic E-state index is 12.1. The SMILES string of the molecule is CC(C)(C)OC(=O)N1CC2(CC(Oc3cc(=O)oc4ccccc34)C2)C1. The van der Waals surface area contributed by atoms with Crippen molar-refractivity contribution in [1.29, 1.82) is 0 Å². The van der Waals surface area contributed by atoms with Crippen LogP contribution in [0.25, 0.3) is 11.0 Å². The summed E-state index contributed by atoms with van der Waals surface area (Å²) in [5, 5.41) is 0.803. The van der Waals surface area contributed by atoms with E-state index in [1.807, 2.05) is 39.0 Å². The summed E-state index contributed by atoms with van der Waals surface area (Å²) in [6, 6.07) is 8.77. The first kappa shape index (κ1) is 16.9. The summed E-state index contributed by atoms with van der Waals surface area (Å²) in [4.78, 5) is 25.5. The Morgan fingerprint density at radius 2 is 1.92 bits per heavy atom. The normalized spacial score (nSPS) is 19.1. The van der Waals surface area contributed by atoms with Crippen molar-refractivity contribution in [3.63, 3.8) is 0 Å². The standard InChI is InChI=1S/C20H23NO5/c1-19(2,3)26-18(23)21-11-20(12-21)9-13(10-20)24-16-8-17(22)25-15-7-5-4-6-14(15)16/h4-8,13H,9-12H2,1-3H3. The lowest BCUT2D eigenvalue weighted by Crippen LogP contribution is -2.66. The molecule has 1 saturated carbocycles. The van der Waals surface area contributed by atoms with Crippen molar-refractivity contribution >= 4 is 17.1 Å². The van der Waals surface area contributed by atoms with Gasteiger partial charge in [0, 0.05) is 18.5 Å². The summed E-state index contributed by atoms with van der Waals surface area (Å²) >= 11 is 0. The number of likely N-dealkylation sites (tertiary alicyclic amines) is 1. The summed E-state index contributed by atoms with van der Waals surface area (Å²) in [6.07, 6.45) is 1.56. The zero-order chi connectivity index (χ0) is 18.5. The molecule has 1 amide bonds. The minimum Gasteiger partial charge on any atom is -0.489 e. The number of fused-ring (bicyclic) bond motifs is 1. The highest BCUT2D eigenvalue weighted by Gasteiger charge is 2.55. The Morgan fingerprint density at radius 1 is 1.23 bits per heavy atom. The minimum absolute atomic E-state index is 0.0565. The van der Waals surface area contributed by atoms with Crippen LogP contribution in [0.5, 0.6) is 5.75 Å². The monoisotopic (exact) mass is 357 g/mol. The van der Waals surface area contributed by atoms with Gasteiger partial charge in [-0.3, -0.25) is 0 Å². The number of hydrogen-bond donors (Lipinski definition) is 0. The van der Waals surface area contributed by atoms with E-state index < -0.39 is 11.2 Å². The van der Waals surface area contributed by atoms with Crippen LogP contribution in [0.1, 0.15) is 33.6 Å². The van der Waals surface area contributed by atoms with E-state index in [0.29, 0.717) is 24.4 Å². The Balaban J connectivity index is 1.36. The summed E-state index contributed by atoms with van der Waals surface area (Å²) in [7, 11) is 0. The van der Waals surface area contributed by atoms with Crippen LogP contribution in [-0.4, -0.2) is 35.8 Å². The molecule has 1 aliphatic carbocycles. The highest BCUT2D eigenvalue weighted by Crippen LogP contribution is 2.50. The third kappa shape index (κ3) is 3.16. The van der Waals surface area contributed by atoms with Gasteiger partial charge in [-0.1, -0.05) is 12.1 Å². The van der Waals surface area contributed by atoms with E-state index >= 15 is 0 Å². The van der Waals surface area contributed by atoms with Crippen molar-refractivity contribution in [3.05, 3.63) is 40.8 Å². The Morgan fingerprint density at radius 3 is 2.62 bits per heavy atom. The number of carbonyl (C=O) groups excluding carboxylic acids is 1. The van der Waals surface area contributed by atoms with E-state index in [0.717, 1.165) is 18.2 Å². The highest BCUT2D eigenvalue weighted by molar-refractivity contribution is 5.82. The van der Waals surface area contributed by atoms with Crippen molar-refractivity contribution in [2.45, 2.75) is 45.3 Å². The quantitative estimate of drug-likeness (QED) is 0.769. The van der Waals surface area contributed by atoms with Gasteiger partial charge in [0.15, 0.2) is 0 Å². The summed E-state index contributed by atoms with van der Waals surface area (Å²) < 4.78 is 16.7. The first-order chi connectivity index (χ1) is 12.2. The smallest absolute Gasteiger partial charge is 0.410 e. The highest BCUT2D eigenvalue weighted by atomic mass is 16.6. The Hall–Kier alpha value is -2.50. The van der Waals surface area contributed by atoms with Crippen molar-refractivity contribution < 1.29 is 18.7 Å². The van der Waals surface area contributed by atoms with Crippen LogP contribution in [0.2, 0.25) is 0 Å². The van der Waals surface area contributed by atoms with Crippen molar-refractivity contribution in [3.8, 4) is 5.75 Å². The molecule has 2 fully saturated rings. The molecular formula is C20H23NO5. The minimum atomic E-state index is -0.472. The second-order valence-corrected chi connectivity index (χ2v) is 8.41. The molecule has 0 radical (unpaired) electrons. The predicted molar refractivity (Wildman–Crippen MR) is 96.4 cm³/mol. The first-order valence-corrected chi connectivity index (χ1v) is 8.91. The van der Waals surface area contributed by atoms with Gasteiger partial charge >= 0.3 is 11.7 Å². The molecular weight excluding hydrogens is 334 g/mol. The third-order valence-electron chi connectivity index (χ3n) is 4.93. The molecule has 0 unspecified atom stereocenters. The second kappa shape index (κ2) is 5.76. The molecule has 1 saturated heterocycles. The first-order valence-electron chi connectivity index (χ1n) is 8.91. The fourth-order valence-electron chi connectivity index (χ4n) is 3.83. The van der Waals surface area contributed by atoms with E-state index in [4.69, 9.17) is 13.9 Å². The molecule has 2 heterocycles. The van der Waals surface area contributed by atoms with Crippen LogP contribution in [-0.2, 0) is 4.74 Å². The Kier molecular flexibility index (Phi) is 3.75. The van der Waals surface area contributed by atoms with Crippen LogP contribution < -0.4 is 10.4 Å². The maximum absolute atomic E-state index is 12.1. The van der Waals surface area contributed by atoms with E-state index in [9.17, 15) is 9.59 Å². The number of carbonyl (C=O) groups is 1. The van der Waals surface area contributed by atoms with Gasteiger partial charge in [0.2, 0.25) is 0 Å². The van der Waals surface area contributed by atoms with Crippen LogP contribution >= 0.6 is 0 Å². The van der Waals surface area contributed by atoms with Gasteiger partial charge in [-0.2, -0.15) is 0 Å². The van der Waals surface area contributed by atoms with Crippen molar-refractivity contribution in [1.82, 2.24) is 4.90 Å². The molecule has 26 heavy (non-hydrogen) atoms. The van der Waals surface area contributed by atoms with Crippen molar-refractivity contribution in [2.24, 2.45) is 5.41 Å². The van der Waals surface area contributed by atoms with Gasteiger partial charge in [-0.25, -0.2) is 9.59 Å². The zero-order valence-electron chi connectivity index (χ0n) is 15.3. The molecule has 2 aliphatic rings. The Labute approximate surface area is 151 Å². The predicted octanol–water partition coefficient (Wildman–Crippen LogP) is 3.57. The van der Waals surface area contributed by atoms with Crippen LogP contribution in [0.15, 0.2) is 39.5 Å². The van der Waals surface area contributed by atoms with E-state index in [1.165, 1.54) is 6.07 Å². The molecule has 1 aromatic carbocycles. The number of hydrogen-bond acceptors (Lipinski definition) is 5. The van der Waals surface area contributed by atoms with E-state index in [-0.39, 0.29) is 17.6 Å². The molecule has 2 aromatic rings. The summed E-state index contributed by atoms with van der Waals surface area (Å²) in [6.45, 7) is 7.02. The number of rotatable bonds is 2. The number of amides is 1. The molecule has 4 rings (SSSR count). The second-order valence-electron chi connectivity index (χ2n) is 8.41. The summed E-state index contributed by atoms with van der Waals surface area (Å²) in [5.41, 5.74) is -0.214. The lowest BCUT2D eigenvalue weighted by Gasteiger charge is -2.58. The molecule has 0 N–H and O–H groups in total. The number of benzene rings is 1. The van der Waals surface area contributed by atoms with Gasteiger partial charge in [-0.15, -0.1) is 0 Å². The largest absolute Gasteiger partial charge is 0.489 e. The van der Waals surface area contributed by atoms with Gasteiger partial charge in [0.25, 0.3) is 0 Å². The van der Waals surface area contributed by atoms with Crippen LogP contribution in [0.4, 0.5) is 4.79 Å². The van der Waals surface area contributed by atoms with Gasteiger partial charge < -0.3 is 18.8 Å². The molecule has 6 heteroatoms. The average Bonchev–Trinajstić information content (AvgIpc) is 2.45. The zero-order valence-corrected chi connectivity index (χ0v) is 15.3. The average molecular weight is 357 g/mol. The number of para-hydroxylation sites is 1. The number of ether oxygens (including phenoxy) is 2. The van der Waals surface area contributed by atoms with Gasteiger partial charge in [0.05, 0.1) is 11.5 Å². The Bertz CT molecular complexity index is 896. The lowest BCUT2D eigenvalue weighted by molar-refractivity contribution is -0.116. The van der Waals surface area contributed by atoms with Gasteiger partial charge in [-0.05, 0) is 45.7 Å². The topological polar surface area (TPSA) is 69.0 Å². The van der Waals surface area contributed by atoms with E-state index in [2.05, 4.69) is 0 Å². The lowest BCUT2D eigenvalue weighted by atomic mass is 9.62. The van der Waals surface area contributed by atoms with Crippen LogP contribution in [0.3, 0.4) is 0 Å². The third-order valence-corrected chi connectivity index (χ3v) is 4.93. The molecule has 1 aromatic heterocycles. The fraction of sp³-hybridized carbons (Fsp3) is 0.500. The van der Waals surface area contributed by atoms with E-state index in [1.54, 1.807) is 11.0 Å². The molecule has 0 bridgehead atoms. The molecule has 1 spiro atoms. The molecule has 6 nitrogen and oxygen atoms in total. The molecule has 0 atom stereocenters. The summed E-state index contributed by atoms with van der Waals surface area (Å²) in [5.74, 6) is 0.569. The van der Waals surface area contributed by atoms with Crippen molar-refractivity contribution in [2.75, 3.05) is 13.1 Å².